The molecule has 1 saturated heterocycles. The van der Waals surface area contributed by atoms with Crippen molar-refractivity contribution in [1.82, 2.24) is 9.97 Å². The van der Waals surface area contributed by atoms with Gasteiger partial charge >= 0.3 is 0 Å². The van der Waals surface area contributed by atoms with Gasteiger partial charge in [-0.15, -0.1) is 23.1 Å². The van der Waals surface area contributed by atoms with E-state index in [0.717, 1.165) is 67.2 Å². The molecule has 1 N–H and O–H groups in total. The van der Waals surface area contributed by atoms with Crippen LogP contribution in [0.3, 0.4) is 0 Å². The van der Waals surface area contributed by atoms with Crippen LogP contribution in [0.2, 0.25) is 0 Å². The number of fused-ring (bicyclic) bond motifs is 1. The van der Waals surface area contributed by atoms with E-state index in [1.165, 1.54) is 12.1 Å². The number of pyridine rings is 2. The van der Waals surface area contributed by atoms with Crippen molar-refractivity contribution in [2.24, 2.45) is 0 Å². The van der Waals surface area contributed by atoms with Gasteiger partial charge in [0.05, 0.1) is 35.4 Å². The van der Waals surface area contributed by atoms with Crippen molar-refractivity contribution in [3.63, 3.8) is 0 Å². The minimum absolute atomic E-state index is 0.251. The van der Waals surface area contributed by atoms with Gasteiger partial charge in [0, 0.05) is 48.7 Å². The lowest BCUT2D eigenvalue weighted by Gasteiger charge is -2.25. The molecule has 1 aliphatic rings. The largest absolute Gasteiger partial charge is 0.386 e. The normalized spacial score (nSPS) is 13.9. The molecule has 4 aromatic rings. The number of anilines is 1. The van der Waals surface area contributed by atoms with Gasteiger partial charge < -0.3 is 14.8 Å². The Morgan fingerprint density at radius 2 is 1.97 bits per heavy atom. The summed E-state index contributed by atoms with van der Waals surface area (Å²) in [7, 11) is 3.64. The summed E-state index contributed by atoms with van der Waals surface area (Å²) in [5.41, 5.74) is 5.87. The molecule has 170 valence electrons. The van der Waals surface area contributed by atoms with Crippen LogP contribution in [0.4, 0.5) is 10.1 Å². The number of thiophene rings is 1. The Labute approximate surface area is 200 Å². The van der Waals surface area contributed by atoms with Gasteiger partial charge in [-0.25, -0.2) is 9.37 Å². The van der Waals surface area contributed by atoms with Gasteiger partial charge in [0.15, 0.2) is 0 Å². The number of methoxy groups -OCH3 is 1. The van der Waals surface area contributed by atoms with Crippen LogP contribution < -0.4 is 5.32 Å². The number of hydrogen-bond donors (Lipinski definition) is 1. The van der Waals surface area contributed by atoms with Crippen LogP contribution >= 0.6 is 23.1 Å². The number of thioether (sulfide) groups is 1. The van der Waals surface area contributed by atoms with Crippen molar-refractivity contribution in [2.45, 2.75) is 10.1 Å². The summed E-state index contributed by atoms with van der Waals surface area (Å²) in [6.45, 7) is 2.14. The average molecular weight is 482 g/mol. The van der Waals surface area contributed by atoms with Crippen molar-refractivity contribution in [3.05, 3.63) is 60.2 Å². The van der Waals surface area contributed by atoms with Crippen LogP contribution in [0.25, 0.3) is 32.6 Å². The molecule has 8 heteroatoms. The highest BCUT2D eigenvalue weighted by molar-refractivity contribution is 8.01. The Morgan fingerprint density at radius 1 is 1.18 bits per heavy atom. The van der Waals surface area contributed by atoms with Gasteiger partial charge in [0.1, 0.15) is 10.6 Å². The lowest BCUT2D eigenvalue weighted by molar-refractivity contribution is 0.00672. The Bertz CT molecular complexity index is 1260. The first-order valence-corrected chi connectivity index (χ1v) is 12.5. The Kier molecular flexibility index (Phi) is 6.59. The second kappa shape index (κ2) is 9.77. The standard InChI is InChI=1S/C25H24FN3O2S2/c1-27-23-22-19(15-3-6-18(26)7-4-15)11-21(29-24(22)33-25(23)32-10-9-30-2)16-5-8-20(28-12-16)17-13-31-14-17/h3-8,11-12,17,27H,9-10,13-14H2,1-2H3. The molecule has 0 spiro atoms. The van der Waals surface area contributed by atoms with Gasteiger partial charge in [-0.2, -0.15) is 0 Å². The molecule has 3 aromatic heterocycles. The monoisotopic (exact) mass is 481 g/mol. The second-order valence-corrected chi connectivity index (χ2v) is 10.2. The fourth-order valence-corrected chi connectivity index (χ4v) is 6.28. The number of ether oxygens (including phenoxy) is 2. The number of nitrogens with one attached hydrogen (secondary N) is 1. The van der Waals surface area contributed by atoms with Crippen LogP contribution in [0.5, 0.6) is 0 Å². The van der Waals surface area contributed by atoms with Crippen LogP contribution in [-0.4, -0.2) is 49.7 Å². The summed E-state index contributed by atoms with van der Waals surface area (Å²) in [6.07, 6.45) is 1.89. The second-order valence-electron chi connectivity index (χ2n) is 7.80. The number of nitrogens with zero attached hydrogens (tertiary/aromatic N) is 2. The zero-order valence-corrected chi connectivity index (χ0v) is 20.1. The van der Waals surface area contributed by atoms with E-state index in [1.807, 2.05) is 25.4 Å². The molecular weight excluding hydrogens is 457 g/mol. The SMILES string of the molecule is CNc1c(SCCOC)sc2nc(-c3ccc(C4COC4)nc3)cc(-c3ccc(F)cc3)c12. The predicted molar refractivity (Wildman–Crippen MR) is 134 cm³/mol. The molecule has 1 aliphatic heterocycles. The first-order chi connectivity index (χ1) is 16.2. The van der Waals surface area contributed by atoms with Gasteiger partial charge in [0.2, 0.25) is 0 Å². The molecule has 0 atom stereocenters. The number of halogens is 1. The Morgan fingerprint density at radius 3 is 2.61 bits per heavy atom. The summed E-state index contributed by atoms with van der Waals surface area (Å²) in [4.78, 5) is 10.6. The maximum atomic E-state index is 13.7. The number of aromatic nitrogens is 2. The van der Waals surface area contributed by atoms with E-state index in [-0.39, 0.29) is 5.82 Å². The quantitative estimate of drug-likeness (QED) is 0.244. The molecule has 4 heterocycles. The predicted octanol–water partition coefficient (Wildman–Crippen LogP) is 6.06. The molecule has 0 unspecified atom stereocenters. The van der Waals surface area contributed by atoms with Gasteiger partial charge in [-0.3, -0.25) is 4.98 Å². The molecule has 0 saturated carbocycles. The fraction of sp³-hybridized carbons (Fsp3) is 0.280. The third-order valence-electron chi connectivity index (χ3n) is 5.69. The third-order valence-corrected chi connectivity index (χ3v) is 8.01. The number of rotatable bonds is 8. The lowest BCUT2D eigenvalue weighted by Crippen LogP contribution is -2.25. The van der Waals surface area contributed by atoms with E-state index < -0.39 is 0 Å². The number of hydrogen-bond acceptors (Lipinski definition) is 7. The van der Waals surface area contributed by atoms with Gasteiger partial charge in [-0.1, -0.05) is 12.1 Å². The molecule has 0 radical (unpaired) electrons. The first-order valence-electron chi connectivity index (χ1n) is 10.7. The Hall–Kier alpha value is -2.52. The van der Waals surface area contributed by atoms with Crippen LogP contribution in [0.15, 0.2) is 52.9 Å². The highest BCUT2D eigenvalue weighted by Gasteiger charge is 2.22. The lowest BCUT2D eigenvalue weighted by atomic mass is 9.99. The highest BCUT2D eigenvalue weighted by atomic mass is 32.2. The number of benzene rings is 1. The zero-order chi connectivity index (χ0) is 22.8. The summed E-state index contributed by atoms with van der Waals surface area (Å²) in [6, 6.07) is 12.8. The molecule has 1 aromatic carbocycles. The van der Waals surface area contributed by atoms with Crippen molar-refractivity contribution in [3.8, 4) is 22.4 Å². The molecule has 5 rings (SSSR count). The summed E-state index contributed by atoms with van der Waals surface area (Å²) < 4.78 is 25.3. The molecule has 33 heavy (non-hydrogen) atoms. The van der Waals surface area contributed by atoms with Crippen molar-refractivity contribution in [2.75, 3.05) is 45.0 Å². The molecule has 1 fully saturated rings. The van der Waals surface area contributed by atoms with E-state index in [4.69, 9.17) is 14.5 Å². The van der Waals surface area contributed by atoms with Crippen molar-refractivity contribution >= 4 is 39.0 Å². The molecule has 0 aliphatic carbocycles. The minimum atomic E-state index is -0.251. The summed E-state index contributed by atoms with van der Waals surface area (Å²) in [5, 5.41) is 4.42. The average Bonchev–Trinajstić information content (AvgIpc) is 3.16. The van der Waals surface area contributed by atoms with E-state index in [2.05, 4.69) is 28.5 Å². The van der Waals surface area contributed by atoms with Gasteiger partial charge in [-0.05, 0) is 41.5 Å². The van der Waals surface area contributed by atoms with Crippen LogP contribution in [-0.2, 0) is 9.47 Å². The van der Waals surface area contributed by atoms with E-state index in [1.54, 1.807) is 30.2 Å². The zero-order valence-electron chi connectivity index (χ0n) is 18.4. The summed E-state index contributed by atoms with van der Waals surface area (Å²) in [5.74, 6) is 0.984. The van der Waals surface area contributed by atoms with Gasteiger partial charge in [0.25, 0.3) is 0 Å². The highest BCUT2D eigenvalue weighted by Crippen LogP contribution is 2.46. The molecule has 0 amide bonds. The molecule has 5 nitrogen and oxygen atoms in total. The Balaban J connectivity index is 1.63. The maximum absolute atomic E-state index is 13.7. The maximum Gasteiger partial charge on any atom is 0.127 e. The van der Waals surface area contributed by atoms with E-state index in [0.29, 0.717) is 12.5 Å². The smallest absolute Gasteiger partial charge is 0.127 e. The van der Waals surface area contributed by atoms with Crippen LogP contribution in [0.1, 0.15) is 11.6 Å². The van der Waals surface area contributed by atoms with Crippen molar-refractivity contribution in [1.29, 1.82) is 0 Å². The van der Waals surface area contributed by atoms with Crippen molar-refractivity contribution < 1.29 is 13.9 Å². The summed E-state index contributed by atoms with van der Waals surface area (Å²) >= 11 is 3.41. The molecule has 0 bridgehead atoms. The van der Waals surface area contributed by atoms with E-state index in [9.17, 15) is 4.39 Å². The van der Waals surface area contributed by atoms with Crippen LogP contribution in [0, 0.1) is 5.82 Å². The minimum Gasteiger partial charge on any atom is -0.386 e. The molecular formula is C25H24FN3O2S2. The third kappa shape index (κ3) is 4.48. The fourth-order valence-electron chi connectivity index (χ4n) is 3.83. The topological polar surface area (TPSA) is 56.3 Å². The van der Waals surface area contributed by atoms with E-state index >= 15 is 0 Å². The first kappa shape index (κ1) is 22.3.